The van der Waals surface area contributed by atoms with Crippen LogP contribution in [0.1, 0.15) is 32.1 Å². The monoisotopic (exact) mass is 214 g/mol. The van der Waals surface area contributed by atoms with Crippen molar-refractivity contribution in [1.29, 1.82) is 0 Å². The molecule has 0 atom stereocenters. The zero-order valence-corrected chi connectivity index (χ0v) is 9.96. The van der Waals surface area contributed by atoms with Gasteiger partial charge in [-0.15, -0.1) is 0 Å². The molecule has 2 nitrogen and oxygen atoms in total. The van der Waals surface area contributed by atoms with Gasteiger partial charge >= 0.3 is 0 Å². The van der Waals surface area contributed by atoms with E-state index in [1.165, 1.54) is 51.7 Å². The molecule has 1 aliphatic heterocycles. The maximum atomic E-state index is 3.75. The van der Waals surface area contributed by atoms with Crippen molar-refractivity contribution in [2.24, 2.45) is 0 Å². The topological polar surface area (TPSA) is 24.1 Å². The van der Waals surface area contributed by atoms with Crippen molar-refractivity contribution in [3.63, 3.8) is 0 Å². The lowest BCUT2D eigenvalue weighted by Crippen LogP contribution is -2.49. The highest BCUT2D eigenvalue weighted by Gasteiger charge is 2.36. The minimum atomic E-state index is 0.602. The van der Waals surface area contributed by atoms with E-state index in [1.54, 1.807) is 0 Å². The van der Waals surface area contributed by atoms with Crippen molar-refractivity contribution < 1.29 is 0 Å². The Bertz CT molecular complexity index is 169. The van der Waals surface area contributed by atoms with Gasteiger partial charge in [-0.2, -0.15) is 11.8 Å². The summed E-state index contributed by atoms with van der Waals surface area (Å²) in [6.07, 6.45) is 9.17. The van der Waals surface area contributed by atoms with E-state index in [1.807, 2.05) is 0 Å². The van der Waals surface area contributed by atoms with Crippen LogP contribution in [0.3, 0.4) is 0 Å². The van der Waals surface area contributed by atoms with Gasteiger partial charge in [-0.1, -0.05) is 6.42 Å². The van der Waals surface area contributed by atoms with Gasteiger partial charge in [0.1, 0.15) is 0 Å². The molecule has 2 rings (SSSR count). The number of hydrogen-bond acceptors (Lipinski definition) is 3. The van der Waals surface area contributed by atoms with Gasteiger partial charge in [0.25, 0.3) is 0 Å². The number of nitrogens with one attached hydrogen (secondary N) is 2. The van der Waals surface area contributed by atoms with Gasteiger partial charge in [-0.05, 0) is 45.0 Å². The summed E-state index contributed by atoms with van der Waals surface area (Å²) in [4.78, 5) is 0. The van der Waals surface area contributed by atoms with Crippen LogP contribution in [-0.2, 0) is 0 Å². The van der Waals surface area contributed by atoms with Crippen molar-refractivity contribution in [3.8, 4) is 0 Å². The first kappa shape index (κ1) is 10.8. The lowest BCUT2D eigenvalue weighted by atomic mass is 9.84. The summed E-state index contributed by atoms with van der Waals surface area (Å²) in [5.41, 5.74) is 0. The number of rotatable bonds is 4. The fourth-order valence-corrected chi connectivity index (χ4v) is 3.31. The van der Waals surface area contributed by atoms with E-state index in [0.717, 1.165) is 6.04 Å². The smallest absolute Gasteiger partial charge is 0.0281 e. The summed E-state index contributed by atoms with van der Waals surface area (Å²) >= 11 is 2.07. The van der Waals surface area contributed by atoms with E-state index in [9.17, 15) is 0 Å². The summed E-state index contributed by atoms with van der Waals surface area (Å²) < 4.78 is 0.602. The number of thioether (sulfide) groups is 1. The molecule has 1 saturated carbocycles. The van der Waals surface area contributed by atoms with Crippen LogP contribution < -0.4 is 10.6 Å². The SMILES string of the molecule is CSC1(CNC2CCNCC2)CCC1. The Kier molecular flexibility index (Phi) is 3.74. The molecule has 2 aliphatic rings. The number of hydrogen-bond donors (Lipinski definition) is 2. The molecule has 0 aromatic heterocycles. The second-order valence-electron chi connectivity index (χ2n) is 4.65. The summed E-state index contributed by atoms with van der Waals surface area (Å²) in [7, 11) is 0. The van der Waals surface area contributed by atoms with Gasteiger partial charge in [0.15, 0.2) is 0 Å². The van der Waals surface area contributed by atoms with Crippen molar-refractivity contribution in [1.82, 2.24) is 10.6 Å². The number of piperidine rings is 1. The van der Waals surface area contributed by atoms with E-state index >= 15 is 0 Å². The average molecular weight is 214 g/mol. The summed E-state index contributed by atoms with van der Waals surface area (Å²) in [6.45, 7) is 3.63. The average Bonchev–Trinajstić information content (AvgIpc) is 2.19. The van der Waals surface area contributed by atoms with Crippen LogP contribution in [0.25, 0.3) is 0 Å². The van der Waals surface area contributed by atoms with Crippen molar-refractivity contribution in [2.75, 3.05) is 25.9 Å². The van der Waals surface area contributed by atoms with Crippen molar-refractivity contribution in [2.45, 2.75) is 42.9 Å². The van der Waals surface area contributed by atoms with Crippen LogP contribution in [0, 0.1) is 0 Å². The normalized spacial score (nSPS) is 27.2. The zero-order valence-electron chi connectivity index (χ0n) is 9.14. The lowest BCUT2D eigenvalue weighted by molar-refractivity contribution is 0.306. The third-order valence-corrected chi connectivity index (χ3v) is 5.17. The van der Waals surface area contributed by atoms with Gasteiger partial charge in [-0.3, -0.25) is 0 Å². The maximum Gasteiger partial charge on any atom is 0.0281 e. The maximum absolute atomic E-state index is 3.75. The fourth-order valence-electron chi connectivity index (χ4n) is 2.38. The Morgan fingerprint density at radius 2 is 2.07 bits per heavy atom. The second-order valence-corrected chi connectivity index (χ2v) is 5.92. The summed E-state index contributed by atoms with van der Waals surface area (Å²) in [6, 6.07) is 0.779. The minimum Gasteiger partial charge on any atom is -0.317 e. The molecule has 3 heteroatoms. The highest BCUT2D eigenvalue weighted by atomic mass is 32.2. The third-order valence-electron chi connectivity index (χ3n) is 3.75. The Hall–Kier alpha value is 0.270. The zero-order chi connectivity index (χ0) is 9.86. The largest absolute Gasteiger partial charge is 0.317 e. The van der Waals surface area contributed by atoms with Crippen LogP contribution in [0.4, 0.5) is 0 Å². The second kappa shape index (κ2) is 4.86. The molecule has 0 spiro atoms. The quantitative estimate of drug-likeness (QED) is 0.743. The molecule has 0 bridgehead atoms. The molecule has 1 saturated heterocycles. The molecule has 1 heterocycles. The Morgan fingerprint density at radius 3 is 2.57 bits per heavy atom. The molecule has 2 N–H and O–H groups in total. The highest BCUT2D eigenvalue weighted by Crippen LogP contribution is 2.42. The molecule has 0 amide bonds. The van der Waals surface area contributed by atoms with Gasteiger partial charge in [0.2, 0.25) is 0 Å². The molecular weight excluding hydrogens is 192 g/mol. The molecule has 2 fully saturated rings. The predicted molar refractivity (Wildman–Crippen MR) is 64.0 cm³/mol. The van der Waals surface area contributed by atoms with E-state index in [4.69, 9.17) is 0 Å². The molecule has 0 aromatic rings. The minimum absolute atomic E-state index is 0.602. The van der Waals surface area contributed by atoms with Crippen LogP contribution in [0.15, 0.2) is 0 Å². The Morgan fingerprint density at radius 1 is 1.36 bits per heavy atom. The fraction of sp³-hybridized carbons (Fsp3) is 1.00. The van der Waals surface area contributed by atoms with Gasteiger partial charge < -0.3 is 10.6 Å². The van der Waals surface area contributed by atoms with Gasteiger partial charge in [0.05, 0.1) is 0 Å². The first-order chi connectivity index (χ1) is 6.85. The lowest BCUT2D eigenvalue weighted by Gasteiger charge is -2.42. The molecular formula is C11H22N2S. The Labute approximate surface area is 91.6 Å². The standard InChI is InChI=1S/C11H22N2S/c1-14-11(5-2-6-11)9-13-10-3-7-12-8-4-10/h10,12-13H,2-9H2,1H3. The van der Waals surface area contributed by atoms with E-state index in [2.05, 4.69) is 28.7 Å². The van der Waals surface area contributed by atoms with E-state index < -0.39 is 0 Å². The van der Waals surface area contributed by atoms with Crippen molar-refractivity contribution >= 4 is 11.8 Å². The highest BCUT2D eigenvalue weighted by molar-refractivity contribution is 8.00. The van der Waals surface area contributed by atoms with E-state index in [0.29, 0.717) is 4.75 Å². The van der Waals surface area contributed by atoms with Crippen LogP contribution in [0.5, 0.6) is 0 Å². The first-order valence-electron chi connectivity index (χ1n) is 5.84. The van der Waals surface area contributed by atoms with Crippen molar-refractivity contribution in [3.05, 3.63) is 0 Å². The molecule has 82 valence electrons. The summed E-state index contributed by atoms with van der Waals surface area (Å²) in [5.74, 6) is 0. The third kappa shape index (κ3) is 2.44. The molecule has 14 heavy (non-hydrogen) atoms. The molecule has 0 unspecified atom stereocenters. The van der Waals surface area contributed by atoms with Crippen LogP contribution in [-0.4, -0.2) is 36.7 Å². The first-order valence-corrected chi connectivity index (χ1v) is 7.06. The molecule has 0 aromatic carbocycles. The van der Waals surface area contributed by atoms with Crippen LogP contribution in [0.2, 0.25) is 0 Å². The van der Waals surface area contributed by atoms with Gasteiger partial charge in [-0.25, -0.2) is 0 Å². The molecule has 0 radical (unpaired) electrons. The van der Waals surface area contributed by atoms with Gasteiger partial charge in [0, 0.05) is 17.3 Å². The van der Waals surface area contributed by atoms with Crippen LogP contribution >= 0.6 is 11.8 Å². The van der Waals surface area contributed by atoms with E-state index in [-0.39, 0.29) is 0 Å². The summed E-state index contributed by atoms with van der Waals surface area (Å²) in [5, 5.41) is 7.16. The predicted octanol–water partition coefficient (Wildman–Crippen LogP) is 1.61. The Balaban J connectivity index is 1.69. The molecule has 1 aliphatic carbocycles.